The van der Waals surface area contributed by atoms with Crippen LogP contribution >= 0.6 is 15.9 Å². The molecular formula is C12H23BrO. The summed E-state index contributed by atoms with van der Waals surface area (Å²) in [6.07, 6.45) is 9.45. The van der Waals surface area contributed by atoms with Crippen molar-refractivity contribution in [1.82, 2.24) is 0 Å². The molecule has 0 heterocycles. The van der Waals surface area contributed by atoms with Crippen molar-refractivity contribution >= 4 is 15.9 Å². The minimum atomic E-state index is 0.561. The van der Waals surface area contributed by atoms with E-state index in [0.717, 1.165) is 25.0 Å². The molecule has 1 rings (SSSR count). The molecule has 14 heavy (non-hydrogen) atoms. The van der Waals surface area contributed by atoms with Crippen LogP contribution in [0.3, 0.4) is 0 Å². The molecule has 0 aromatic carbocycles. The van der Waals surface area contributed by atoms with E-state index in [1.165, 1.54) is 38.5 Å². The average molecular weight is 263 g/mol. The predicted octanol–water partition coefficient (Wildman–Crippen LogP) is 4.15. The number of hydrogen-bond acceptors (Lipinski definition) is 1. The van der Waals surface area contributed by atoms with Crippen LogP contribution in [0.25, 0.3) is 0 Å². The second-order valence-corrected chi connectivity index (χ2v) is 5.12. The molecule has 0 aromatic heterocycles. The molecule has 1 saturated carbocycles. The summed E-state index contributed by atoms with van der Waals surface area (Å²) in [5.74, 6) is 0. The zero-order valence-electron chi connectivity index (χ0n) is 9.36. The molecule has 1 aliphatic rings. The first kappa shape index (κ1) is 12.5. The van der Waals surface area contributed by atoms with Gasteiger partial charge in [-0.25, -0.2) is 0 Å². The van der Waals surface area contributed by atoms with Crippen molar-refractivity contribution in [3.05, 3.63) is 0 Å². The highest BCUT2D eigenvalue weighted by Crippen LogP contribution is 2.40. The van der Waals surface area contributed by atoms with Gasteiger partial charge in [0, 0.05) is 18.5 Å². The molecule has 0 aromatic rings. The van der Waals surface area contributed by atoms with Crippen molar-refractivity contribution in [1.29, 1.82) is 0 Å². The summed E-state index contributed by atoms with van der Waals surface area (Å²) in [6.45, 7) is 4.05. The molecule has 0 aliphatic heterocycles. The fourth-order valence-electron chi connectivity index (χ4n) is 2.29. The van der Waals surface area contributed by atoms with E-state index in [0.29, 0.717) is 5.41 Å². The van der Waals surface area contributed by atoms with Crippen molar-refractivity contribution < 1.29 is 4.74 Å². The Morgan fingerprint density at radius 2 is 1.86 bits per heavy atom. The third kappa shape index (κ3) is 3.90. The van der Waals surface area contributed by atoms with Crippen molar-refractivity contribution in [2.75, 3.05) is 18.5 Å². The van der Waals surface area contributed by atoms with E-state index in [1.807, 2.05) is 0 Å². The summed E-state index contributed by atoms with van der Waals surface area (Å²) in [6, 6.07) is 0. The van der Waals surface area contributed by atoms with Crippen LogP contribution in [0.4, 0.5) is 0 Å². The highest BCUT2D eigenvalue weighted by molar-refractivity contribution is 9.09. The molecule has 0 radical (unpaired) electrons. The smallest absolute Gasteiger partial charge is 0.0471 e. The van der Waals surface area contributed by atoms with Crippen LogP contribution in [0.15, 0.2) is 0 Å². The summed E-state index contributed by atoms with van der Waals surface area (Å²) in [7, 11) is 0. The normalized spacial score (nSPS) is 21.0. The zero-order chi connectivity index (χ0) is 10.3. The van der Waals surface area contributed by atoms with E-state index in [-0.39, 0.29) is 0 Å². The van der Waals surface area contributed by atoms with Gasteiger partial charge < -0.3 is 4.74 Å². The van der Waals surface area contributed by atoms with Gasteiger partial charge in [-0.2, -0.15) is 0 Å². The lowest BCUT2D eigenvalue weighted by Crippen LogP contribution is -2.27. The Morgan fingerprint density at radius 1 is 1.14 bits per heavy atom. The predicted molar refractivity (Wildman–Crippen MR) is 65.0 cm³/mol. The number of ether oxygens (including phenoxy) is 1. The summed E-state index contributed by atoms with van der Waals surface area (Å²) < 4.78 is 5.59. The van der Waals surface area contributed by atoms with Gasteiger partial charge in [-0.05, 0) is 31.1 Å². The Balaban J connectivity index is 2.22. The van der Waals surface area contributed by atoms with Gasteiger partial charge in [0.25, 0.3) is 0 Å². The van der Waals surface area contributed by atoms with Crippen LogP contribution in [-0.4, -0.2) is 18.5 Å². The lowest BCUT2D eigenvalue weighted by atomic mass is 9.74. The zero-order valence-corrected chi connectivity index (χ0v) is 10.9. The van der Waals surface area contributed by atoms with Crippen molar-refractivity contribution in [3.8, 4) is 0 Å². The molecule has 2 heteroatoms. The maximum atomic E-state index is 5.59. The quantitative estimate of drug-likeness (QED) is 0.516. The SMILES string of the molecule is CCCOCCC1(CBr)CCCCC1. The van der Waals surface area contributed by atoms with E-state index in [4.69, 9.17) is 4.74 Å². The second-order valence-electron chi connectivity index (χ2n) is 4.56. The first-order chi connectivity index (χ1) is 6.83. The third-order valence-electron chi connectivity index (χ3n) is 3.32. The van der Waals surface area contributed by atoms with E-state index >= 15 is 0 Å². The van der Waals surface area contributed by atoms with E-state index in [9.17, 15) is 0 Å². The van der Waals surface area contributed by atoms with Gasteiger partial charge in [0.1, 0.15) is 0 Å². The third-order valence-corrected chi connectivity index (χ3v) is 4.51. The average Bonchev–Trinajstić information content (AvgIpc) is 2.26. The Bertz CT molecular complexity index is 141. The van der Waals surface area contributed by atoms with Gasteiger partial charge in [-0.15, -0.1) is 0 Å². The summed E-state index contributed by atoms with van der Waals surface area (Å²) in [5.41, 5.74) is 0.561. The Hall–Kier alpha value is 0.440. The number of hydrogen-bond donors (Lipinski definition) is 0. The van der Waals surface area contributed by atoms with Gasteiger partial charge in [0.15, 0.2) is 0 Å². The van der Waals surface area contributed by atoms with Crippen molar-refractivity contribution in [3.63, 3.8) is 0 Å². The van der Waals surface area contributed by atoms with Gasteiger partial charge in [-0.1, -0.05) is 42.1 Å². The highest BCUT2D eigenvalue weighted by Gasteiger charge is 2.30. The van der Waals surface area contributed by atoms with Crippen LogP contribution < -0.4 is 0 Å². The lowest BCUT2D eigenvalue weighted by Gasteiger charge is -2.35. The molecule has 0 atom stereocenters. The highest BCUT2D eigenvalue weighted by atomic mass is 79.9. The number of halogens is 1. The molecule has 0 spiro atoms. The van der Waals surface area contributed by atoms with Gasteiger partial charge in [0.05, 0.1) is 0 Å². The first-order valence-electron chi connectivity index (χ1n) is 5.97. The minimum Gasteiger partial charge on any atom is -0.381 e. The summed E-state index contributed by atoms with van der Waals surface area (Å²) in [5, 5.41) is 1.16. The van der Waals surface area contributed by atoms with Gasteiger partial charge in [-0.3, -0.25) is 0 Å². The van der Waals surface area contributed by atoms with E-state index < -0.39 is 0 Å². The number of alkyl halides is 1. The first-order valence-corrected chi connectivity index (χ1v) is 7.09. The monoisotopic (exact) mass is 262 g/mol. The van der Waals surface area contributed by atoms with Crippen molar-refractivity contribution in [2.45, 2.75) is 51.9 Å². The fraction of sp³-hybridized carbons (Fsp3) is 1.00. The summed E-state index contributed by atoms with van der Waals surface area (Å²) in [4.78, 5) is 0. The van der Waals surface area contributed by atoms with E-state index in [2.05, 4.69) is 22.9 Å². The largest absolute Gasteiger partial charge is 0.381 e. The Kier molecular flexibility index (Phi) is 6.11. The molecule has 0 bridgehead atoms. The van der Waals surface area contributed by atoms with Gasteiger partial charge >= 0.3 is 0 Å². The Morgan fingerprint density at radius 3 is 2.43 bits per heavy atom. The topological polar surface area (TPSA) is 9.23 Å². The van der Waals surface area contributed by atoms with Crippen LogP contribution in [0.1, 0.15) is 51.9 Å². The molecule has 0 saturated heterocycles. The lowest BCUT2D eigenvalue weighted by molar-refractivity contribution is 0.0856. The molecule has 84 valence electrons. The van der Waals surface area contributed by atoms with Crippen molar-refractivity contribution in [2.24, 2.45) is 5.41 Å². The van der Waals surface area contributed by atoms with Crippen LogP contribution in [-0.2, 0) is 4.74 Å². The minimum absolute atomic E-state index is 0.561. The summed E-state index contributed by atoms with van der Waals surface area (Å²) >= 11 is 3.68. The van der Waals surface area contributed by atoms with Crippen LogP contribution in [0.5, 0.6) is 0 Å². The van der Waals surface area contributed by atoms with Crippen LogP contribution in [0.2, 0.25) is 0 Å². The molecular weight excluding hydrogens is 240 g/mol. The maximum Gasteiger partial charge on any atom is 0.0471 e. The molecule has 0 amide bonds. The van der Waals surface area contributed by atoms with E-state index in [1.54, 1.807) is 0 Å². The second kappa shape index (κ2) is 6.84. The molecule has 1 fully saturated rings. The molecule has 0 N–H and O–H groups in total. The molecule has 0 unspecified atom stereocenters. The Labute approximate surface area is 96.7 Å². The molecule has 1 aliphatic carbocycles. The van der Waals surface area contributed by atoms with Gasteiger partial charge in [0.2, 0.25) is 0 Å². The maximum absolute atomic E-state index is 5.59. The fourth-order valence-corrected chi connectivity index (χ4v) is 3.13. The standard InChI is InChI=1S/C12H23BrO/c1-2-9-14-10-8-12(11-13)6-4-3-5-7-12/h2-11H2,1H3. The number of rotatable bonds is 6. The molecule has 1 nitrogen and oxygen atoms in total. The van der Waals surface area contributed by atoms with Crippen LogP contribution in [0, 0.1) is 5.41 Å².